The van der Waals surface area contributed by atoms with Crippen molar-refractivity contribution in [2.24, 2.45) is 7.05 Å². The van der Waals surface area contributed by atoms with E-state index in [-0.39, 0.29) is 0 Å². The van der Waals surface area contributed by atoms with Gasteiger partial charge in [-0.25, -0.2) is 4.98 Å². The van der Waals surface area contributed by atoms with E-state index in [1.54, 1.807) is 17.8 Å². The SMILES string of the molecule is Cn1cc(B2OC(C)(C)C(C)(C)O2)nc1-c1ccc(C(F)(F)F)cc1. The van der Waals surface area contributed by atoms with Crippen LogP contribution in [0.1, 0.15) is 33.3 Å². The molecule has 3 rings (SSSR count). The summed E-state index contributed by atoms with van der Waals surface area (Å²) in [7, 11) is 1.17. The van der Waals surface area contributed by atoms with E-state index in [0.717, 1.165) is 12.1 Å². The van der Waals surface area contributed by atoms with Gasteiger partial charge in [0.15, 0.2) is 0 Å². The summed E-state index contributed by atoms with van der Waals surface area (Å²) in [5, 5.41) is 0. The monoisotopic (exact) mass is 352 g/mol. The van der Waals surface area contributed by atoms with Crippen molar-refractivity contribution in [2.75, 3.05) is 0 Å². The number of alkyl halides is 3. The Labute approximate surface area is 145 Å². The smallest absolute Gasteiger partial charge is 0.398 e. The lowest BCUT2D eigenvalue weighted by Crippen LogP contribution is -2.41. The number of benzene rings is 1. The third kappa shape index (κ3) is 3.20. The van der Waals surface area contributed by atoms with Crippen molar-refractivity contribution in [1.82, 2.24) is 9.55 Å². The highest BCUT2D eigenvalue weighted by molar-refractivity contribution is 6.61. The maximum absolute atomic E-state index is 12.7. The molecule has 0 atom stereocenters. The average Bonchev–Trinajstić information content (AvgIpc) is 2.96. The van der Waals surface area contributed by atoms with Crippen LogP contribution in [0, 0.1) is 0 Å². The highest BCUT2D eigenvalue weighted by Crippen LogP contribution is 2.36. The summed E-state index contributed by atoms with van der Waals surface area (Å²) in [5.74, 6) is 0.554. The van der Waals surface area contributed by atoms with Crippen LogP contribution < -0.4 is 5.59 Å². The van der Waals surface area contributed by atoms with Crippen LogP contribution in [-0.4, -0.2) is 27.9 Å². The Balaban J connectivity index is 1.89. The van der Waals surface area contributed by atoms with Gasteiger partial charge in [-0.1, -0.05) is 12.1 Å². The summed E-state index contributed by atoms with van der Waals surface area (Å²) in [6.45, 7) is 7.80. The lowest BCUT2D eigenvalue weighted by Gasteiger charge is -2.32. The van der Waals surface area contributed by atoms with Crippen molar-refractivity contribution in [1.29, 1.82) is 0 Å². The summed E-state index contributed by atoms with van der Waals surface area (Å²) in [6.07, 6.45) is -2.58. The average molecular weight is 352 g/mol. The number of rotatable bonds is 2. The molecule has 1 aliphatic rings. The molecule has 2 heterocycles. The molecular formula is C17H20BF3N2O2. The van der Waals surface area contributed by atoms with E-state index < -0.39 is 30.1 Å². The minimum atomic E-state index is -4.35. The highest BCUT2D eigenvalue weighted by atomic mass is 19.4. The second kappa shape index (κ2) is 5.61. The molecule has 0 unspecified atom stereocenters. The molecule has 0 saturated carbocycles. The van der Waals surface area contributed by atoms with Crippen LogP contribution in [-0.2, 0) is 22.5 Å². The van der Waals surface area contributed by atoms with Crippen LogP contribution >= 0.6 is 0 Å². The summed E-state index contributed by atoms with van der Waals surface area (Å²) < 4.78 is 51.8. The first-order valence-corrected chi connectivity index (χ1v) is 7.97. The Bertz CT molecular complexity index is 766. The van der Waals surface area contributed by atoms with Gasteiger partial charge in [-0.3, -0.25) is 0 Å². The van der Waals surface area contributed by atoms with E-state index >= 15 is 0 Å². The molecule has 0 radical (unpaired) electrons. The Morgan fingerprint density at radius 2 is 1.52 bits per heavy atom. The molecule has 0 amide bonds. The van der Waals surface area contributed by atoms with Crippen LogP contribution in [0.3, 0.4) is 0 Å². The number of aromatic nitrogens is 2. The third-order valence-corrected chi connectivity index (χ3v) is 4.86. The normalized spacial score (nSPS) is 19.4. The molecular weight excluding hydrogens is 332 g/mol. The Hall–Kier alpha value is -1.80. The molecule has 25 heavy (non-hydrogen) atoms. The zero-order valence-corrected chi connectivity index (χ0v) is 14.8. The number of halogens is 3. The molecule has 1 aromatic carbocycles. The number of imidazole rings is 1. The second-order valence-electron chi connectivity index (χ2n) is 7.26. The topological polar surface area (TPSA) is 36.3 Å². The van der Waals surface area contributed by atoms with Crippen molar-refractivity contribution < 1.29 is 22.5 Å². The quantitative estimate of drug-likeness (QED) is 0.778. The Kier molecular flexibility index (Phi) is 4.04. The second-order valence-corrected chi connectivity index (χ2v) is 7.26. The standard InChI is InChI=1S/C17H20BF3N2O2/c1-15(2)16(3,4)25-18(24-15)13-10-23(5)14(22-13)11-6-8-12(9-7-11)17(19,20)21/h6-10H,1-5H3. The fourth-order valence-electron chi connectivity index (χ4n) is 2.64. The molecule has 8 heteroatoms. The number of nitrogens with zero attached hydrogens (tertiary/aromatic N) is 2. The van der Waals surface area contributed by atoms with Gasteiger partial charge in [-0.05, 0) is 39.8 Å². The summed E-state index contributed by atoms with van der Waals surface area (Å²) in [5.41, 5.74) is -0.459. The van der Waals surface area contributed by atoms with Gasteiger partial charge < -0.3 is 13.9 Å². The number of hydrogen-bond donors (Lipinski definition) is 0. The van der Waals surface area contributed by atoms with Gasteiger partial charge in [0.25, 0.3) is 0 Å². The van der Waals surface area contributed by atoms with Crippen LogP contribution in [0.5, 0.6) is 0 Å². The zero-order chi connectivity index (χ0) is 18.6. The van der Waals surface area contributed by atoms with Crippen LogP contribution in [0.15, 0.2) is 30.5 Å². The van der Waals surface area contributed by atoms with Crippen LogP contribution in [0.2, 0.25) is 0 Å². The minimum absolute atomic E-state index is 0.482. The van der Waals surface area contributed by atoms with Crippen molar-refractivity contribution in [2.45, 2.75) is 45.1 Å². The third-order valence-electron chi connectivity index (χ3n) is 4.86. The number of aryl methyl sites for hydroxylation is 1. The Morgan fingerprint density at radius 1 is 1.00 bits per heavy atom. The molecule has 1 aromatic heterocycles. The van der Waals surface area contributed by atoms with Gasteiger partial charge >= 0.3 is 13.3 Å². The molecule has 1 saturated heterocycles. The van der Waals surface area contributed by atoms with Crippen molar-refractivity contribution in [3.8, 4) is 11.4 Å². The molecule has 0 N–H and O–H groups in total. The van der Waals surface area contributed by atoms with E-state index in [0.29, 0.717) is 17.0 Å². The van der Waals surface area contributed by atoms with Gasteiger partial charge in [0.05, 0.1) is 22.4 Å². The molecule has 4 nitrogen and oxygen atoms in total. The zero-order valence-electron chi connectivity index (χ0n) is 14.8. The highest BCUT2D eigenvalue weighted by Gasteiger charge is 2.52. The predicted octanol–water partition coefficient (Wildman–Crippen LogP) is 3.41. The first kappa shape index (κ1) is 18.0. The summed E-state index contributed by atoms with van der Waals surface area (Å²) in [4.78, 5) is 4.52. The maximum Gasteiger partial charge on any atom is 0.516 e. The fraction of sp³-hybridized carbons (Fsp3) is 0.471. The van der Waals surface area contributed by atoms with Crippen molar-refractivity contribution in [3.05, 3.63) is 36.0 Å². The van der Waals surface area contributed by atoms with E-state index in [9.17, 15) is 13.2 Å². The Morgan fingerprint density at radius 3 is 2.00 bits per heavy atom. The molecule has 0 spiro atoms. The molecule has 2 aromatic rings. The van der Waals surface area contributed by atoms with E-state index in [4.69, 9.17) is 9.31 Å². The van der Waals surface area contributed by atoms with Crippen LogP contribution in [0.25, 0.3) is 11.4 Å². The number of hydrogen-bond acceptors (Lipinski definition) is 3. The van der Waals surface area contributed by atoms with Gasteiger partial charge in [0.2, 0.25) is 0 Å². The van der Waals surface area contributed by atoms with Crippen molar-refractivity contribution >= 4 is 12.7 Å². The van der Waals surface area contributed by atoms with Gasteiger partial charge in [-0.2, -0.15) is 13.2 Å². The van der Waals surface area contributed by atoms with Gasteiger partial charge in [0, 0.05) is 18.8 Å². The van der Waals surface area contributed by atoms with E-state index in [1.807, 2.05) is 27.7 Å². The first-order chi connectivity index (χ1) is 11.4. The lowest BCUT2D eigenvalue weighted by atomic mass is 9.86. The van der Waals surface area contributed by atoms with Crippen LogP contribution in [0.4, 0.5) is 13.2 Å². The molecule has 0 aliphatic carbocycles. The molecule has 134 valence electrons. The molecule has 1 aliphatic heterocycles. The fourth-order valence-corrected chi connectivity index (χ4v) is 2.64. The van der Waals surface area contributed by atoms with Gasteiger partial charge in [-0.15, -0.1) is 0 Å². The lowest BCUT2D eigenvalue weighted by molar-refractivity contribution is -0.137. The van der Waals surface area contributed by atoms with Crippen molar-refractivity contribution in [3.63, 3.8) is 0 Å². The first-order valence-electron chi connectivity index (χ1n) is 7.97. The molecule has 1 fully saturated rings. The van der Waals surface area contributed by atoms with E-state index in [2.05, 4.69) is 4.98 Å². The van der Waals surface area contributed by atoms with Gasteiger partial charge in [0.1, 0.15) is 5.82 Å². The maximum atomic E-state index is 12.7. The minimum Gasteiger partial charge on any atom is -0.398 e. The largest absolute Gasteiger partial charge is 0.516 e. The summed E-state index contributed by atoms with van der Waals surface area (Å²) in [6, 6.07) is 4.94. The predicted molar refractivity (Wildman–Crippen MR) is 89.4 cm³/mol. The van der Waals surface area contributed by atoms with E-state index in [1.165, 1.54) is 12.1 Å². The molecule has 0 bridgehead atoms. The summed E-state index contributed by atoms with van der Waals surface area (Å²) >= 11 is 0.